The molecule has 7 nitrogen and oxygen atoms in total. The van der Waals surface area contributed by atoms with E-state index in [4.69, 9.17) is 0 Å². The minimum Gasteiger partial charge on any atom is -0.347 e. The molecule has 0 unspecified atom stereocenters. The molecule has 0 saturated heterocycles. The Morgan fingerprint density at radius 2 is 1.76 bits per heavy atom. The number of carbonyl (C=O) groups is 1. The van der Waals surface area contributed by atoms with Gasteiger partial charge < -0.3 is 5.32 Å². The number of hydrogen-bond acceptors (Lipinski definition) is 6. The molecule has 0 radical (unpaired) electrons. The zero-order valence-electron chi connectivity index (χ0n) is 17.3. The molecule has 0 aromatic carbocycles. The maximum atomic E-state index is 12.9. The Labute approximate surface area is 186 Å². The molecule has 0 fully saturated rings. The third-order valence-electron chi connectivity index (χ3n) is 4.77. The first-order chi connectivity index (χ1) is 15.8. The van der Waals surface area contributed by atoms with Crippen molar-refractivity contribution >= 4 is 5.91 Å². The number of alkyl halides is 3. The van der Waals surface area contributed by atoms with E-state index in [2.05, 4.69) is 30.2 Å². The minimum atomic E-state index is -4.53. The van der Waals surface area contributed by atoms with E-state index >= 15 is 0 Å². The summed E-state index contributed by atoms with van der Waals surface area (Å²) in [5.41, 5.74) is 2.75. The Kier molecular flexibility index (Phi) is 6.07. The summed E-state index contributed by atoms with van der Waals surface area (Å²) in [5.74, 6) is -0.369. The van der Waals surface area contributed by atoms with E-state index in [-0.39, 0.29) is 18.1 Å². The molecule has 0 spiro atoms. The molecular weight excluding hydrogens is 433 g/mol. The number of nitrogens with one attached hydrogen (secondary N) is 1. The van der Waals surface area contributed by atoms with Gasteiger partial charge in [-0.3, -0.25) is 29.7 Å². The first-order valence-corrected chi connectivity index (χ1v) is 9.81. The van der Waals surface area contributed by atoms with Crippen molar-refractivity contribution in [2.24, 2.45) is 0 Å². The molecule has 0 saturated carbocycles. The first-order valence-electron chi connectivity index (χ1n) is 9.81. The van der Waals surface area contributed by atoms with Crippen LogP contribution in [0, 0.1) is 6.92 Å². The molecule has 4 rings (SSSR count). The second kappa shape index (κ2) is 9.11. The minimum absolute atomic E-state index is 0.185. The Morgan fingerprint density at radius 1 is 0.909 bits per heavy atom. The third-order valence-corrected chi connectivity index (χ3v) is 4.77. The van der Waals surface area contributed by atoms with Crippen LogP contribution in [0.5, 0.6) is 0 Å². The van der Waals surface area contributed by atoms with Crippen LogP contribution in [-0.4, -0.2) is 30.8 Å². The summed E-state index contributed by atoms with van der Waals surface area (Å²) in [4.78, 5) is 32.5. The Hall–Kier alpha value is -4.21. The fourth-order valence-electron chi connectivity index (χ4n) is 3.17. The normalized spacial score (nSPS) is 11.3. The summed E-state index contributed by atoms with van der Waals surface area (Å²) >= 11 is 0. The van der Waals surface area contributed by atoms with E-state index in [1.165, 1.54) is 12.3 Å². The number of rotatable bonds is 5. The molecule has 33 heavy (non-hydrogen) atoms. The van der Waals surface area contributed by atoms with Crippen molar-refractivity contribution in [2.45, 2.75) is 19.6 Å². The predicted molar refractivity (Wildman–Crippen MR) is 114 cm³/mol. The van der Waals surface area contributed by atoms with E-state index in [9.17, 15) is 18.0 Å². The van der Waals surface area contributed by atoms with Gasteiger partial charge >= 0.3 is 6.18 Å². The number of nitrogens with zero attached hydrogens (tertiary/aromatic N) is 5. The van der Waals surface area contributed by atoms with Crippen LogP contribution in [0.15, 0.2) is 67.5 Å². The van der Waals surface area contributed by atoms with Gasteiger partial charge in [0.1, 0.15) is 11.4 Å². The van der Waals surface area contributed by atoms with Gasteiger partial charge in [0, 0.05) is 48.7 Å². The summed E-state index contributed by atoms with van der Waals surface area (Å²) in [7, 11) is 0. The molecule has 4 heterocycles. The van der Waals surface area contributed by atoms with Crippen molar-refractivity contribution in [2.75, 3.05) is 0 Å². The van der Waals surface area contributed by atoms with E-state index in [1.54, 1.807) is 49.9 Å². The largest absolute Gasteiger partial charge is 0.433 e. The molecule has 4 aromatic rings. The molecule has 0 bridgehead atoms. The molecule has 0 aliphatic rings. The van der Waals surface area contributed by atoms with E-state index in [1.807, 2.05) is 0 Å². The fourth-order valence-corrected chi connectivity index (χ4v) is 3.17. The average Bonchev–Trinajstić information content (AvgIpc) is 2.83. The Bertz CT molecular complexity index is 1280. The standard InChI is InChI=1S/C23H17F3N6O/c1-14-8-15(10-31-21(14)16-4-5-29-20(9-16)23(24,25)26)11-32-22(33)18-3-2-17(12-30-18)19-13-27-6-7-28-19/h2-10,12-13H,11H2,1H3,(H,32,33). The van der Waals surface area contributed by atoms with Gasteiger partial charge in [-0.25, -0.2) is 0 Å². The van der Waals surface area contributed by atoms with Crippen LogP contribution in [0.1, 0.15) is 27.3 Å². The fraction of sp³-hybridized carbons (Fsp3) is 0.130. The van der Waals surface area contributed by atoms with Crippen molar-refractivity contribution < 1.29 is 18.0 Å². The topological polar surface area (TPSA) is 93.6 Å². The lowest BCUT2D eigenvalue weighted by Gasteiger charge is -2.11. The zero-order chi connectivity index (χ0) is 23.4. The van der Waals surface area contributed by atoms with Crippen LogP contribution in [0.2, 0.25) is 0 Å². The summed E-state index contributed by atoms with van der Waals surface area (Å²) in [6.07, 6.45) is 4.38. The second-order valence-corrected chi connectivity index (χ2v) is 7.14. The molecule has 1 amide bonds. The van der Waals surface area contributed by atoms with Gasteiger partial charge in [-0.2, -0.15) is 13.2 Å². The van der Waals surface area contributed by atoms with Crippen LogP contribution >= 0.6 is 0 Å². The van der Waals surface area contributed by atoms with Gasteiger partial charge in [0.15, 0.2) is 0 Å². The smallest absolute Gasteiger partial charge is 0.347 e. The van der Waals surface area contributed by atoms with Gasteiger partial charge in [0.2, 0.25) is 0 Å². The van der Waals surface area contributed by atoms with Crippen LogP contribution in [0.25, 0.3) is 22.5 Å². The lowest BCUT2D eigenvalue weighted by molar-refractivity contribution is -0.141. The van der Waals surface area contributed by atoms with Crippen LogP contribution in [0.4, 0.5) is 13.2 Å². The van der Waals surface area contributed by atoms with Crippen molar-refractivity contribution in [3.8, 4) is 22.5 Å². The van der Waals surface area contributed by atoms with Gasteiger partial charge in [-0.1, -0.05) is 6.07 Å². The highest BCUT2D eigenvalue weighted by atomic mass is 19.4. The van der Waals surface area contributed by atoms with E-state index < -0.39 is 11.9 Å². The molecule has 4 aromatic heterocycles. The van der Waals surface area contributed by atoms with Crippen molar-refractivity contribution in [3.63, 3.8) is 0 Å². The maximum Gasteiger partial charge on any atom is 0.433 e. The number of hydrogen-bond donors (Lipinski definition) is 1. The van der Waals surface area contributed by atoms with Crippen molar-refractivity contribution in [1.29, 1.82) is 0 Å². The first kappa shape index (κ1) is 22.0. The van der Waals surface area contributed by atoms with Gasteiger partial charge in [-0.05, 0) is 42.3 Å². The highest BCUT2D eigenvalue weighted by Gasteiger charge is 2.32. The van der Waals surface area contributed by atoms with Gasteiger partial charge in [0.05, 0.1) is 17.6 Å². The molecule has 0 aliphatic heterocycles. The number of aromatic nitrogens is 5. The summed E-state index contributed by atoms with van der Waals surface area (Å²) in [6, 6.07) is 7.53. The lowest BCUT2D eigenvalue weighted by Crippen LogP contribution is -2.23. The number of carbonyl (C=O) groups excluding carboxylic acids is 1. The number of amides is 1. The highest BCUT2D eigenvalue weighted by Crippen LogP contribution is 2.30. The van der Waals surface area contributed by atoms with Crippen LogP contribution < -0.4 is 5.32 Å². The van der Waals surface area contributed by atoms with Crippen LogP contribution in [0.3, 0.4) is 0 Å². The maximum absolute atomic E-state index is 12.9. The number of aryl methyl sites for hydroxylation is 1. The SMILES string of the molecule is Cc1cc(CNC(=O)c2ccc(-c3cnccn3)cn2)cnc1-c1ccnc(C(F)(F)F)c1. The molecule has 10 heteroatoms. The summed E-state index contributed by atoms with van der Waals surface area (Å²) in [6.45, 7) is 1.93. The third kappa shape index (κ3) is 5.17. The van der Waals surface area contributed by atoms with Gasteiger partial charge in [-0.15, -0.1) is 0 Å². The van der Waals surface area contributed by atoms with Crippen molar-refractivity contribution in [3.05, 3.63) is 90.0 Å². The monoisotopic (exact) mass is 450 g/mol. The molecule has 0 atom stereocenters. The lowest BCUT2D eigenvalue weighted by atomic mass is 10.1. The average molecular weight is 450 g/mol. The zero-order valence-corrected chi connectivity index (χ0v) is 17.3. The van der Waals surface area contributed by atoms with Crippen LogP contribution in [-0.2, 0) is 12.7 Å². The van der Waals surface area contributed by atoms with E-state index in [0.29, 0.717) is 28.1 Å². The Balaban J connectivity index is 1.43. The Morgan fingerprint density at radius 3 is 2.42 bits per heavy atom. The summed E-state index contributed by atoms with van der Waals surface area (Å²) in [5, 5.41) is 2.76. The molecule has 0 aliphatic carbocycles. The number of pyridine rings is 3. The van der Waals surface area contributed by atoms with E-state index in [0.717, 1.165) is 17.8 Å². The molecule has 166 valence electrons. The number of halogens is 3. The second-order valence-electron chi connectivity index (χ2n) is 7.14. The van der Waals surface area contributed by atoms with Gasteiger partial charge in [0.25, 0.3) is 5.91 Å². The highest BCUT2D eigenvalue weighted by molar-refractivity contribution is 5.92. The summed E-state index contributed by atoms with van der Waals surface area (Å²) < 4.78 is 38.8. The molecular formula is C23H17F3N6O. The molecule has 1 N–H and O–H groups in total. The predicted octanol–water partition coefficient (Wildman–Crippen LogP) is 4.25. The van der Waals surface area contributed by atoms with Crippen molar-refractivity contribution in [1.82, 2.24) is 30.2 Å². The quantitative estimate of drug-likeness (QED) is 0.489.